The molecule has 1 aliphatic rings. The smallest absolute Gasteiger partial charge is 0.373 e. The Labute approximate surface area is 136 Å². The monoisotopic (exact) mass is 385 g/mol. The molecule has 0 aliphatic heterocycles. The fourth-order valence-electron chi connectivity index (χ4n) is 2.82. The number of hydrogen-bond acceptors (Lipinski definition) is 3. The molecule has 1 saturated carbocycles. The number of hydrogen-bond donors (Lipinski definition) is 2. The summed E-state index contributed by atoms with van der Waals surface area (Å²) >= 11 is 0. The van der Waals surface area contributed by atoms with Gasteiger partial charge >= 0.3 is 12.4 Å². The molecule has 0 aromatic carbocycles. The van der Waals surface area contributed by atoms with Gasteiger partial charge in [0.15, 0.2) is 0 Å². The lowest BCUT2D eigenvalue weighted by molar-refractivity contribution is -0.387. The van der Waals surface area contributed by atoms with Gasteiger partial charge < -0.3 is 5.11 Å². The molecule has 1 fully saturated rings. The molecule has 144 valence electrons. The second-order valence-corrected chi connectivity index (χ2v) is 8.32. The molecule has 0 spiro atoms. The molecule has 0 aromatic heterocycles. The second kappa shape index (κ2) is 6.99. The molecule has 1 rings (SSSR count). The summed E-state index contributed by atoms with van der Waals surface area (Å²) in [7, 11) is -3.68. The van der Waals surface area contributed by atoms with E-state index in [0.717, 1.165) is 0 Å². The molecule has 0 aromatic rings. The van der Waals surface area contributed by atoms with E-state index in [-0.39, 0.29) is 12.8 Å². The standard InChI is InChI=1S/C13H21F6NO3S/c1-3-8(2)24(22,23)20-10-6-4-9(5-7-10)11(21,12(14,15)16)13(17,18)19/h8-10,20-21H,3-7H2,1-2H3. The molecule has 0 radical (unpaired) electrons. The summed E-state index contributed by atoms with van der Waals surface area (Å²) in [6.45, 7) is 3.10. The highest BCUT2D eigenvalue weighted by molar-refractivity contribution is 7.90. The molecule has 0 bridgehead atoms. The van der Waals surface area contributed by atoms with E-state index < -0.39 is 58.0 Å². The lowest BCUT2D eigenvalue weighted by atomic mass is 9.74. The number of alkyl halides is 6. The molecule has 0 saturated heterocycles. The average molecular weight is 385 g/mol. The highest BCUT2D eigenvalue weighted by Crippen LogP contribution is 2.51. The maximum absolute atomic E-state index is 12.8. The number of aliphatic hydroxyl groups is 1. The predicted octanol–water partition coefficient (Wildman–Crippen LogP) is 3.12. The third-order valence-electron chi connectivity index (χ3n) is 4.62. The number of rotatable bonds is 5. The summed E-state index contributed by atoms with van der Waals surface area (Å²) in [4.78, 5) is 0. The third kappa shape index (κ3) is 4.16. The van der Waals surface area contributed by atoms with Crippen molar-refractivity contribution in [3.63, 3.8) is 0 Å². The van der Waals surface area contributed by atoms with Crippen molar-refractivity contribution in [3.8, 4) is 0 Å². The van der Waals surface area contributed by atoms with Crippen LogP contribution in [0.3, 0.4) is 0 Å². The van der Waals surface area contributed by atoms with Gasteiger partial charge in [-0.15, -0.1) is 0 Å². The zero-order valence-corrected chi connectivity index (χ0v) is 14.0. The first kappa shape index (κ1) is 21.5. The Balaban J connectivity index is 2.84. The molecule has 2 N–H and O–H groups in total. The van der Waals surface area contributed by atoms with E-state index in [1.807, 2.05) is 0 Å². The Kier molecular flexibility index (Phi) is 6.26. The van der Waals surface area contributed by atoms with Crippen LogP contribution in [-0.2, 0) is 10.0 Å². The van der Waals surface area contributed by atoms with Crippen LogP contribution in [0.15, 0.2) is 0 Å². The Bertz CT molecular complexity index is 509. The number of nitrogens with one attached hydrogen (secondary N) is 1. The van der Waals surface area contributed by atoms with Crippen molar-refractivity contribution in [2.45, 2.75) is 75.2 Å². The Morgan fingerprint density at radius 2 is 1.46 bits per heavy atom. The molecule has 1 unspecified atom stereocenters. The summed E-state index contributed by atoms with van der Waals surface area (Å²) in [6, 6.07) is -0.731. The molecule has 1 atom stereocenters. The van der Waals surface area contributed by atoms with Crippen LogP contribution in [0.5, 0.6) is 0 Å². The summed E-state index contributed by atoms with van der Waals surface area (Å²) in [5.74, 6) is -2.05. The minimum atomic E-state index is -5.85. The van der Waals surface area contributed by atoms with E-state index in [9.17, 15) is 39.9 Å². The first-order valence-corrected chi connectivity index (χ1v) is 9.08. The summed E-state index contributed by atoms with van der Waals surface area (Å²) in [5.41, 5.74) is -4.78. The summed E-state index contributed by atoms with van der Waals surface area (Å²) in [6.07, 6.45) is -12.9. The first-order chi connectivity index (χ1) is 10.7. The molecule has 24 heavy (non-hydrogen) atoms. The van der Waals surface area contributed by atoms with Crippen molar-refractivity contribution in [2.75, 3.05) is 0 Å². The minimum Gasteiger partial charge on any atom is -0.373 e. The van der Waals surface area contributed by atoms with Crippen molar-refractivity contribution < 1.29 is 39.9 Å². The maximum atomic E-state index is 12.8. The van der Waals surface area contributed by atoms with Crippen LogP contribution < -0.4 is 4.72 Å². The van der Waals surface area contributed by atoms with Gasteiger partial charge in [0.25, 0.3) is 5.60 Å². The zero-order valence-electron chi connectivity index (χ0n) is 13.2. The van der Waals surface area contributed by atoms with Gasteiger partial charge in [0.2, 0.25) is 10.0 Å². The van der Waals surface area contributed by atoms with Crippen LogP contribution in [0.2, 0.25) is 0 Å². The van der Waals surface area contributed by atoms with Gasteiger partial charge in [-0.05, 0) is 39.0 Å². The third-order valence-corrected chi connectivity index (χ3v) is 6.67. The summed E-state index contributed by atoms with van der Waals surface area (Å²) < 4.78 is 103. The van der Waals surface area contributed by atoms with Gasteiger partial charge in [-0.1, -0.05) is 6.92 Å². The van der Waals surface area contributed by atoms with Crippen molar-refractivity contribution in [2.24, 2.45) is 5.92 Å². The van der Waals surface area contributed by atoms with Crippen LogP contribution in [0.4, 0.5) is 26.3 Å². The summed E-state index contributed by atoms with van der Waals surface area (Å²) in [5, 5.41) is 8.65. The van der Waals surface area contributed by atoms with E-state index in [1.54, 1.807) is 6.92 Å². The SMILES string of the molecule is CCC(C)S(=O)(=O)NC1CCC(C(O)(C(F)(F)F)C(F)(F)F)CC1. The molecule has 4 nitrogen and oxygen atoms in total. The topological polar surface area (TPSA) is 66.4 Å². The van der Waals surface area contributed by atoms with Gasteiger partial charge in [0.05, 0.1) is 5.25 Å². The van der Waals surface area contributed by atoms with Crippen LogP contribution >= 0.6 is 0 Å². The van der Waals surface area contributed by atoms with Crippen LogP contribution in [-0.4, -0.2) is 42.8 Å². The fraction of sp³-hybridized carbons (Fsp3) is 1.00. The molecular weight excluding hydrogens is 364 g/mol. The van der Waals surface area contributed by atoms with E-state index in [4.69, 9.17) is 0 Å². The van der Waals surface area contributed by atoms with E-state index >= 15 is 0 Å². The van der Waals surface area contributed by atoms with Gasteiger partial charge in [-0.25, -0.2) is 13.1 Å². The second-order valence-electron chi connectivity index (χ2n) is 6.19. The van der Waals surface area contributed by atoms with Crippen LogP contribution in [0.25, 0.3) is 0 Å². The highest BCUT2D eigenvalue weighted by Gasteiger charge is 2.73. The average Bonchev–Trinajstić information content (AvgIpc) is 2.43. The van der Waals surface area contributed by atoms with Gasteiger partial charge in [-0.3, -0.25) is 0 Å². The Morgan fingerprint density at radius 3 is 1.79 bits per heavy atom. The lowest BCUT2D eigenvalue weighted by Gasteiger charge is -2.42. The van der Waals surface area contributed by atoms with Crippen LogP contribution in [0, 0.1) is 5.92 Å². The van der Waals surface area contributed by atoms with Crippen molar-refractivity contribution >= 4 is 10.0 Å². The zero-order chi connectivity index (χ0) is 19.0. The van der Waals surface area contributed by atoms with Crippen molar-refractivity contribution in [1.29, 1.82) is 0 Å². The van der Waals surface area contributed by atoms with Gasteiger partial charge in [0, 0.05) is 12.0 Å². The predicted molar refractivity (Wildman–Crippen MR) is 74.6 cm³/mol. The van der Waals surface area contributed by atoms with E-state index in [2.05, 4.69) is 4.72 Å². The lowest BCUT2D eigenvalue weighted by Crippen LogP contribution is -2.62. The molecule has 1 aliphatic carbocycles. The van der Waals surface area contributed by atoms with Gasteiger partial charge in [-0.2, -0.15) is 26.3 Å². The molecular formula is C13H21F6NO3S. The molecule has 11 heteroatoms. The maximum Gasteiger partial charge on any atom is 0.426 e. The van der Waals surface area contributed by atoms with E-state index in [0.29, 0.717) is 6.42 Å². The van der Waals surface area contributed by atoms with Gasteiger partial charge in [0.1, 0.15) is 0 Å². The normalized spacial score (nSPS) is 25.5. The number of halogens is 6. The van der Waals surface area contributed by atoms with Crippen molar-refractivity contribution in [3.05, 3.63) is 0 Å². The molecule has 0 heterocycles. The first-order valence-electron chi connectivity index (χ1n) is 7.53. The number of sulfonamides is 1. The Morgan fingerprint density at radius 1 is 1.04 bits per heavy atom. The minimum absolute atomic E-state index is 0.200. The largest absolute Gasteiger partial charge is 0.426 e. The van der Waals surface area contributed by atoms with Crippen molar-refractivity contribution in [1.82, 2.24) is 4.72 Å². The highest BCUT2D eigenvalue weighted by atomic mass is 32.2. The quantitative estimate of drug-likeness (QED) is 0.715. The Hall–Kier alpha value is -0.550. The molecule has 0 amide bonds. The van der Waals surface area contributed by atoms with Crippen LogP contribution in [0.1, 0.15) is 46.0 Å². The fourth-order valence-corrected chi connectivity index (χ4v) is 4.19. The van der Waals surface area contributed by atoms with E-state index in [1.165, 1.54) is 6.92 Å².